The van der Waals surface area contributed by atoms with Crippen molar-refractivity contribution >= 4 is 16.8 Å². The molecule has 2 heterocycles. The molecule has 0 bridgehead atoms. The van der Waals surface area contributed by atoms with Gasteiger partial charge in [-0.3, -0.25) is 0 Å². The molecular formula is C16H14N2O2. The summed E-state index contributed by atoms with van der Waals surface area (Å²) in [6, 6.07) is 14.2. The van der Waals surface area contributed by atoms with Crippen LogP contribution in [0, 0.1) is 6.92 Å². The second kappa shape index (κ2) is 4.27. The summed E-state index contributed by atoms with van der Waals surface area (Å²) in [7, 11) is 0. The molecule has 0 fully saturated rings. The quantitative estimate of drug-likeness (QED) is 0.729. The number of hydrogen-bond donors (Lipinski definition) is 1. The summed E-state index contributed by atoms with van der Waals surface area (Å²) in [4.78, 5) is 4.32. The molecule has 1 atom stereocenters. The van der Waals surface area contributed by atoms with Crippen LogP contribution in [0.25, 0.3) is 11.1 Å². The topological polar surface area (TPSA) is 47.3 Å². The number of anilines is 1. The molecule has 3 aromatic rings. The van der Waals surface area contributed by atoms with Gasteiger partial charge in [-0.2, -0.15) is 0 Å². The molecule has 2 aromatic carbocycles. The molecule has 0 radical (unpaired) electrons. The van der Waals surface area contributed by atoms with Gasteiger partial charge in [-0.15, -0.1) is 0 Å². The molecule has 0 spiro atoms. The fraction of sp³-hybridized carbons (Fsp3) is 0.188. The van der Waals surface area contributed by atoms with E-state index in [1.54, 1.807) is 0 Å². The van der Waals surface area contributed by atoms with E-state index in [4.69, 9.17) is 9.15 Å². The summed E-state index contributed by atoms with van der Waals surface area (Å²) < 4.78 is 11.4. The molecule has 20 heavy (non-hydrogen) atoms. The Morgan fingerprint density at radius 3 is 3.05 bits per heavy atom. The van der Waals surface area contributed by atoms with E-state index in [1.165, 1.54) is 0 Å². The van der Waals surface area contributed by atoms with Crippen LogP contribution >= 0.6 is 0 Å². The summed E-state index contributed by atoms with van der Waals surface area (Å²) >= 11 is 0. The lowest BCUT2D eigenvalue weighted by Crippen LogP contribution is -2.23. The Labute approximate surface area is 116 Å². The first-order valence-corrected chi connectivity index (χ1v) is 6.65. The summed E-state index contributed by atoms with van der Waals surface area (Å²) in [5.41, 5.74) is 3.88. The van der Waals surface area contributed by atoms with Crippen molar-refractivity contribution in [3.8, 4) is 5.75 Å². The van der Waals surface area contributed by atoms with E-state index in [-0.39, 0.29) is 6.04 Å². The zero-order valence-corrected chi connectivity index (χ0v) is 11.1. The van der Waals surface area contributed by atoms with Crippen LogP contribution in [-0.4, -0.2) is 11.6 Å². The number of aryl methyl sites for hydroxylation is 1. The Morgan fingerprint density at radius 1 is 1.20 bits per heavy atom. The number of rotatable bonds is 1. The first-order chi connectivity index (χ1) is 9.79. The number of ether oxygens (including phenoxy) is 1. The van der Waals surface area contributed by atoms with E-state index in [0.29, 0.717) is 12.5 Å². The highest BCUT2D eigenvalue weighted by Crippen LogP contribution is 2.34. The second-order valence-corrected chi connectivity index (χ2v) is 4.96. The van der Waals surface area contributed by atoms with Gasteiger partial charge >= 0.3 is 0 Å². The maximum atomic E-state index is 5.80. The number of aromatic nitrogens is 1. The molecule has 0 saturated heterocycles. The monoisotopic (exact) mass is 266 g/mol. The largest absolute Gasteiger partial charge is 0.489 e. The van der Waals surface area contributed by atoms with Crippen molar-refractivity contribution in [1.29, 1.82) is 0 Å². The predicted molar refractivity (Wildman–Crippen MR) is 77.0 cm³/mol. The number of nitrogens with zero attached hydrogens (tertiary/aromatic N) is 1. The lowest BCUT2D eigenvalue weighted by atomic mass is 10.1. The van der Waals surface area contributed by atoms with Crippen molar-refractivity contribution in [3.05, 3.63) is 53.9 Å². The summed E-state index contributed by atoms with van der Waals surface area (Å²) in [6.07, 6.45) is 0. The molecular weight excluding hydrogens is 252 g/mol. The van der Waals surface area contributed by atoms with Crippen LogP contribution in [-0.2, 0) is 0 Å². The highest BCUT2D eigenvalue weighted by Gasteiger charge is 2.20. The van der Waals surface area contributed by atoms with E-state index < -0.39 is 0 Å². The molecule has 100 valence electrons. The number of benzene rings is 2. The fourth-order valence-electron chi connectivity index (χ4n) is 2.57. The minimum atomic E-state index is 0.125. The van der Waals surface area contributed by atoms with Gasteiger partial charge in [-0.1, -0.05) is 18.2 Å². The molecule has 4 rings (SSSR count). The van der Waals surface area contributed by atoms with Gasteiger partial charge in [0.1, 0.15) is 17.9 Å². The number of fused-ring (bicyclic) bond motifs is 2. The van der Waals surface area contributed by atoms with Crippen LogP contribution in [0.4, 0.5) is 5.69 Å². The number of nitrogens with one attached hydrogen (secondary N) is 1. The third-order valence-electron chi connectivity index (χ3n) is 3.54. The van der Waals surface area contributed by atoms with Gasteiger partial charge in [-0.05, 0) is 29.8 Å². The van der Waals surface area contributed by atoms with E-state index in [1.807, 2.05) is 43.3 Å². The summed E-state index contributed by atoms with van der Waals surface area (Å²) in [6.45, 7) is 2.47. The number of hydrogen-bond acceptors (Lipinski definition) is 4. The lowest BCUT2D eigenvalue weighted by Gasteiger charge is -2.27. The van der Waals surface area contributed by atoms with Crippen LogP contribution in [0.15, 0.2) is 46.9 Å². The van der Waals surface area contributed by atoms with Gasteiger partial charge in [0.2, 0.25) is 0 Å². The van der Waals surface area contributed by atoms with Crippen LogP contribution in [0.1, 0.15) is 17.5 Å². The van der Waals surface area contributed by atoms with Crippen molar-refractivity contribution in [1.82, 2.24) is 4.98 Å². The first kappa shape index (κ1) is 11.3. The lowest BCUT2D eigenvalue weighted by molar-refractivity contribution is 0.286. The highest BCUT2D eigenvalue weighted by atomic mass is 16.5. The Bertz CT molecular complexity index is 779. The first-order valence-electron chi connectivity index (χ1n) is 6.65. The van der Waals surface area contributed by atoms with E-state index in [2.05, 4.69) is 16.4 Å². The highest BCUT2D eigenvalue weighted by molar-refractivity contribution is 5.74. The molecule has 4 heteroatoms. The average molecular weight is 266 g/mol. The van der Waals surface area contributed by atoms with Gasteiger partial charge < -0.3 is 14.5 Å². The normalized spacial score (nSPS) is 17.4. The van der Waals surface area contributed by atoms with E-state index >= 15 is 0 Å². The van der Waals surface area contributed by atoms with Gasteiger partial charge in [0.25, 0.3) is 0 Å². The van der Waals surface area contributed by atoms with Crippen LogP contribution < -0.4 is 10.1 Å². The molecule has 1 aromatic heterocycles. The molecule has 0 amide bonds. The Kier molecular flexibility index (Phi) is 2.42. The number of oxazole rings is 1. The minimum Gasteiger partial charge on any atom is -0.489 e. The zero-order chi connectivity index (χ0) is 13.5. The van der Waals surface area contributed by atoms with Crippen molar-refractivity contribution in [2.45, 2.75) is 13.0 Å². The van der Waals surface area contributed by atoms with Crippen molar-refractivity contribution in [3.63, 3.8) is 0 Å². The Balaban J connectivity index is 1.70. The van der Waals surface area contributed by atoms with Crippen LogP contribution in [0.5, 0.6) is 5.75 Å². The Morgan fingerprint density at radius 2 is 2.10 bits per heavy atom. The van der Waals surface area contributed by atoms with Crippen LogP contribution in [0.2, 0.25) is 0 Å². The molecule has 1 unspecified atom stereocenters. The molecule has 0 aliphatic carbocycles. The summed E-state index contributed by atoms with van der Waals surface area (Å²) in [5.74, 6) is 1.59. The van der Waals surface area contributed by atoms with Crippen LogP contribution in [0.3, 0.4) is 0 Å². The van der Waals surface area contributed by atoms with Gasteiger partial charge in [0, 0.05) is 6.92 Å². The van der Waals surface area contributed by atoms with Gasteiger partial charge in [0.05, 0.1) is 11.7 Å². The second-order valence-electron chi connectivity index (χ2n) is 4.96. The van der Waals surface area contributed by atoms with Crippen molar-refractivity contribution in [2.75, 3.05) is 11.9 Å². The third-order valence-corrected chi connectivity index (χ3v) is 3.54. The maximum Gasteiger partial charge on any atom is 0.192 e. The Hall–Kier alpha value is -2.49. The van der Waals surface area contributed by atoms with Gasteiger partial charge in [-0.25, -0.2) is 4.98 Å². The smallest absolute Gasteiger partial charge is 0.192 e. The standard InChI is InChI=1S/C16H14N2O2/c1-10-17-13-7-6-11(8-16(13)20-10)14-9-19-15-5-3-2-4-12(15)18-14/h2-8,14,18H,9H2,1H3. The van der Waals surface area contributed by atoms with Crippen molar-refractivity contribution < 1.29 is 9.15 Å². The SMILES string of the molecule is Cc1nc2ccc(C3COc4ccccc4N3)cc2o1. The minimum absolute atomic E-state index is 0.125. The maximum absolute atomic E-state index is 5.80. The summed E-state index contributed by atoms with van der Waals surface area (Å²) in [5, 5.41) is 3.50. The third kappa shape index (κ3) is 1.81. The molecule has 1 N–H and O–H groups in total. The fourth-order valence-corrected chi connectivity index (χ4v) is 2.57. The molecule has 1 aliphatic heterocycles. The van der Waals surface area contributed by atoms with E-state index in [9.17, 15) is 0 Å². The average Bonchev–Trinajstić information content (AvgIpc) is 2.85. The molecule has 0 saturated carbocycles. The van der Waals surface area contributed by atoms with E-state index in [0.717, 1.165) is 28.1 Å². The van der Waals surface area contributed by atoms with Gasteiger partial charge in [0.15, 0.2) is 11.5 Å². The van der Waals surface area contributed by atoms with Crippen molar-refractivity contribution in [2.24, 2.45) is 0 Å². The molecule has 4 nitrogen and oxygen atoms in total. The zero-order valence-electron chi connectivity index (χ0n) is 11.1. The number of para-hydroxylation sites is 2. The predicted octanol–water partition coefficient (Wildman–Crippen LogP) is 3.68. The molecule has 1 aliphatic rings.